The molecule has 1 fully saturated rings. The van der Waals surface area contributed by atoms with Crippen LogP contribution in [-0.2, 0) is 14.6 Å². The lowest BCUT2D eigenvalue weighted by Gasteiger charge is -2.21. The van der Waals surface area contributed by atoms with Crippen molar-refractivity contribution in [3.8, 4) is 0 Å². The van der Waals surface area contributed by atoms with Gasteiger partial charge in [-0.05, 0) is 18.1 Å². The van der Waals surface area contributed by atoms with Crippen LogP contribution in [0.4, 0.5) is 0 Å². The normalized spacial score (nSPS) is 22.3. The molecule has 7 heteroatoms. The monoisotopic (exact) mass is 406 g/mol. The van der Waals surface area contributed by atoms with Crippen molar-refractivity contribution in [1.82, 2.24) is 10.6 Å². The van der Waals surface area contributed by atoms with Gasteiger partial charge in [0.2, 0.25) is 5.91 Å². The molecule has 1 aliphatic rings. The van der Waals surface area contributed by atoms with Crippen LogP contribution in [0, 0.1) is 6.92 Å². The molecule has 0 radical (unpaired) electrons. The van der Waals surface area contributed by atoms with Crippen LogP contribution in [0.1, 0.15) is 22.7 Å². The number of hydrogen-bond acceptors (Lipinski definition) is 4. The van der Waals surface area contributed by atoms with E-state index >= 15 is 0 Å². The highest BCUT2D eigenvalue weighted by atomic mass is 35.5. The zero-order valence-corrected chi connectivity index (χ0v) is 16.6. The lowest BCUT2D eigenvalue weighted by atomic mass is 9.98. The third-order valence-electron chi connectivity index (χ3n) is 4.64. The number of nitrogens with one attached hydrogen (secondary N) is 2. The Morgan fingerprint density at radius 3 is 2.30 bits per heavy atom. The molecule has 27 heavy (non-hydrogen) atoms. The summed E-state index contributed by atoms with van der Waals surface area (Å²) < 4.78 is 23.3. The second-order valence-corrected chi connectivity index (χ2v) is 9.62. The Balaban J connectivity index is 1.68. The summed E-state index contributed by atoms with van der Waals surface area (Å²) in [4.78, 5) is 12.3. The maximum absolute atomic E-state index is 12.3. The molecule has 2 N–H and O–H groups in total. The van der Waals surface area contributed by atoms with Gasteiger partial charge in [-0.1, -0.05) is 60.2 Å². The summed E-state index contributed by atoms with van der Waals surface area (Å²) in [5, 5.41) is 5.43. The number of carbonyl (C=O) groups is 1. The maximum Gasteiger partial charge on any atom is 0.234 e. The largest absolute Gasteiger partial charge is 0.350 e. The fourth-order valence-electron chi connectivity index (χ4n) is 3.22. The first-order chi connectivity index (χ1) is 12.8. The van der Waals surface area contributed by atoms with Gasteiger partial charge in [-0.3, -0.25) is 10.1 Å². The van der Waals surface area contributed by atoms with Gasteiger partial charge in [0.05, 0.1) is 35.5 Å². The molecule has 1 saturated heterocycles. The number of sulfone groups is 1. The zero-order valence-electron chi connectivity index (χ0n) is 15.1. The van der Waals surface area contributed by atoms with Gasteiger partial charge in [-0.2, -0.15) is 0 Å². The van der Waals surface area contributed by atoms with E-state index in [0.29, 0.717) is 0 Å². The Morgan fingerprint density at radius 2 is 1.70 bits per heavy atom. The molecule has 1 aliphatic heterocycles. The van der Waals surface area contributed by atoms with Gasteiger partial charge in [-0.25, -0.2) is 8.42 Å². The number of rotatable bonds is 6. The smallest absolute Gasteiger partial charge is 0.234 e. The quantitative estimate of drug-likeness (QED) is 0.721. The number of aryl methyl sites for hydroxylation is 1. The van der Waals surface area contributed by atoms with Gasteiger partial charge >= 0.3 is 0 Å². The molecule has 0 spiro atoms. The van der Waals surface area contributed by atoms with Crippen molar-refractivity contribution < 1.29 is 13.2 Å². The molecule has 0 saturated carbocycles. The van der Waals surface area contributed by atoms with Crippen molar-refractivity contribution in [2.24, 2.45) is 0 Å². The first kappa shape index (κ1) is 19.9. The van der Waals surface area contributed by atoms with E-state index in [4.69, 9.17) is 11.6 Å². The number of amides is 1. The van der Waals surface area contributed by atoms with E-state index in [-0.39, 0.29) is 30.0 Å². The Bertz CT molecular complexity index is 885. The third kappa shape index (κ3) is 5.31. The van der Waals surface area contributed by atoms with E-state index in [2.05, 4.69) is 10.6 Å². The molecule has 3 rings (SSSR count). The van der Waals surface area contributed by atoms with E-state index in [1.165, 1.54) is 5.56 Å². The van der Waals surface area contributed by atoms with Gasteiger partial charge in [0.15, 0.2) is 9.84 Å². The van der Waals surface area contributed by atoms with Crippen molar-refractivity contribution in [2.75, 3.05) is 18.1 Å². The van der Waals surface area contributed by atoms with Crippen molar-refractivity contribution in [3.63, 3.8) is 0 Å². The predicted molar refractivity (Wildman–Crippen MR) is 108 cm³/mol. The highest BCUT2D eigenvalue weighted by Gasteiger charge is 2.37. The van der Waals surface area contributed by atoms with Crippen LogP contribution in [0.5, 0.6) is 0 Å². The standard InChI is InChI=1S/C20H23ClN2O3S/c1-14-7-9-16(10-8-14)20(15-5-3-2-4-6-15)22-11-19(24)23-18-13-27(25,26)12-17(18)21/h2-10,17-18,20,22H,11-13H2,1H3,(H,23,24)/t17-,18+,20+/m0/s1. The minimum absolute atomic E-state index is 0.0631. The number of hydrogen-bond donors (Lipinski definition) is 2. The summed E-state index contributed by atoms with van der Waals surface area (Å²) >= 11 is 6.06. The van der Waals surface area contributed by atoms with Crippen molar-refractivity contribution in [1.29, 1.82) is 0 Å². The molecular formula is C20H23ClN2O3S. The highest BCUT2D eigenvalue weighted by Crippen LogP contribution is 2.22. The van der Waals surface area contributed by atoms with Gasteiger partial charge < -0.3 is 5.32 Å². The minimum Gasteiger partial charge on any atom is -0.350 e. The van der Waals surface area contributed by atoms with Gasteiger partial charge in [0, 0.05) is 0 Å². The SMILES string of the molecule is Cc1ccc([C@H](NCC(=O)N[C@@H]2CS(=O)(=O)C[C@@H]2Cl)c2ccccc2)cc1. The first-order valence-electron chi connectivity index (χ1n) is 8.83. The van der Waals surface area contributed by atoms with Crippen LogP contribution in [0.25, 0.3) is 0 Å². The zero-order chi connectivity index (χ0) is 19.4. The highest BCUT2D eigenvalue weighted by molar-refractivity contribution is 7.91. The molecule has 2 aromatic carbocycles. The summed E-state index contributed by atoms with van der Waals surface area (Å²) in [6.07, 6.45) is 0. The van der Waals surface area contributed by atoms with E-state index in [9.17, 15) is 13.2 Å². The molecule has 0 aliphatic carbocycles. The fraction of sp³-hybridized carbons (Fsp3) is 0.350. The van der Waals surface area contributed by atoms with Gasteiger partial charge in [-0.15, -0.1) is 11.6 Å². The number of halogens is 1. The predicted octanol–water partition coefficient (Wildman–Crippen LogP) is 2.19. The molecular weight excluding hydrogens is 384 g/mol. The third-order valence-corrected chi connectivity index (χ3v) is 7.02. The topological polar surface area (TPSA) is 75.3 Å². The van der Waals surface area contributed by atoms with E-state index in [1.54, 1.807) is 0 Å². The van der Waals surface area contributed by atoms with Crippen LogP contribution >= 0.6 is 11.6 Å². The summed E-state index contributed by atoms with van der Waals surface area (Å²) in [5.74, 6) is -0.466. The average molecular weight is 407 g/mol. The van der Waals surface area contributed by atoms with Crippen molar-refractivity contribution in [2.45, 2.75) is 24.4 Å². The molecule has 5 nitrogen and oxygen atoms in total. The Kier molecular flexibility index (Phi) is 6.19. The second kappa shape index (κ2) is 8.42. The lowest BCUT2D eigenvalue weighted by Crippen LogP contribution is -2.45. The molecule has 1 amide bonds. The lowest BCUT2D eigenvalue weighted by molar-refractivity contribution is -0.120. The van der Waals surface area contributed by atoms with Crippen LogP contribution in [-0.4, -0.2) is 43.8 Å². The Labute approximate surface area is 165 Å². The van der Waals surface area contributed by atoms with Crippen LogP contribution in [0.2, 0.25) is 0 Å². The number of benzene rings is 2. The number of alkyl halides is 1. The fourth-order valence-corrected chi connectivity index (χ4v) is 5.77. The first-order valence-corrected chi connectivity index (χ1v) is 11.1. The summed E-state index contributed by atoms with van der Waals surface area (Å²) in [6.45, 7) is 2.09. The van der Waals surface area contributed by atoms with Crippen molar-refractivity contribution >= 4 is 27.3 Å². The molecule has 1 heterocycles. The molecule has 3 atom stereocenters. The summed E-state index contributed by atoms with van der Waals surface area (Å²) in [6, 6.07) is 17.3. The van der Waals surface area contributed by atoms with E-state index in [1.807, 2.05) is 61.5 Å². The number of carbonyl (C=O) groups excluding carboxylic acids is 1. The average Bonchev–Trinajstić information content (AvgIpc) is 2.89. The van der Waals surface area contributed by atoms with Gasteiger partial charge in [0.25, 0.3) is 0 Å². The van der Waals surface area contributed by atoms with Crippen molar-refractivity contribution in [3.05, 3.63) is 71.3 Å². The summed E-state index contributed by atoms with van der Waals surface area (Å²) in [7, 11) is -3.18. The molecule has 2 aromatic rings. The molecule has 144 valence electrons. The minimum atomic E-state index is -3.18. The second-order valence-electron chi connectivity index (χ2n) is 6.90. The Morgan fingerprint density at radius 1 is 1.07 bits per heavy atom. The Hall–Kier alpha value is -1.89. The van der Waals surface area contributed by atoms with E-state index in [0.717, 1.165) is 11.1 Å². The maximum atomic E-state index is 12.3. The van der Waals surface area contributed by atoms with Crippen LogP contribution in [0.15, 0.2) is 54.6 Å². The van der Waals surface area contributed by atoms with Crippen LogP contribution in [0.3, 0.4) is 0 Å². The van der Waals surface area contributed by atoms with Crippen LogP contribution < -0.4 is 10.6 Å². The molecule has 0 bridgehead atoms. The molecule has 0 aromatic heterocycles. The van der Waals surface area contributed by atoms with Gasteiger partial charge in [0.1, 0.15) is 0 Å². The van der Waals surface area contributed by atoms with E-state index < -0.39 is 21.3 Å². The summed E-state index contributed by atoms with van der Waals surface area (Å²) in [5.41, 5.74) is 3.27. The molecule has 0 unspecified atom stereocenters.